The van der Waals surface area contributed by atoms with Crippen LogP contribution in [0.3, 0.4) is 0 Å². The van der Waals surface area contributed by atoms with Gasteiger partial charge in [-0.1, -0.05) is 0 Å². The molecule has 0 unspecified atom stereocenters. The average molecular weight is 196 g/mol. The van der Waals surface area contributed by atoms with Crippen LogP contribution < -0.4 is 11.3 Å². The molecule has 14 heavy (non-hydrogen) atoms. The van der Waals surface area contributed by atoms with Crippen LogP contribution in [-0.2, 0) is 0 Å². The molecule has 6 heteroatoms. The maximum absolute atomic E-state index is 11.0. The standard InChI is InChI=1S/C8H12N4O2/c9-7-6(4-10-2-1-3-13)11-5-12-8(7)14/h4-5,13H,1-3,9H2,(H,11,12,14). The largest absolute Gasteiger partial charge is 0.396 e. The molecule has 0 spiro atoms. The predicted octanol–water partition coefficient (Wildman–Crippen LogP) is -0.847. The van der Waals surface area contributed by atoms with Gasteiger partial charge in [-0.2, -0.15) is 0 Å². The van der Waals surface area contributed by atoms with Crippen molar-refractivity contribution in [3.63, 3.8) is 0 Å². The summed E-state index contributed by atoms with van der Waals surface area (Å²) in [6.45, 7) is 0.583. The molecule has 0 atom stereocenters. The summed E-state index contributed by atoms with van der Waals surface area (Å²) >= 11 is 0. The molecule has 1 aromatic heterocycles. The second-order valence-electron chi connectivity index (χ2n) is 2.64. The van der Waals surface area contributed by atoms with E-state index in [1.54, 1.807) is 0 Å². The Kier molecular flexibility index (Phi) is 3.81. The summed E-state index contributed by atoms with van der Waals surface area (Å²) in [6, 6.07) is 0. The zero-order valence-corrected chi connectivity index (χ0v) is 7.60. The lowest BCUT2D eigenvalue weighted by atomic mass is 10.3. The maximum Gasteiger partial charge on any atom is 0.274 e. The minimum atomic E-state index is -0.372. The van der Waals surface area contributed by atoms with Gasteiger partial charge in [0.05, 0.1) is 6.33 Å². The van der Waals surface area contributed by atoms with Crippen molar-refractivity contribution in [2.75, 3.05) is 18.9 Å². The highest BCUT2D eigenvalue weighted by molar-refractivity contribution is 5.83. The summed E-state index contributed by atoms with van der Waals surface area (Å²) in [7, 11) is 0. The van der Waals surface area contributed by atoms with E-state index >= 15 is 0 Å². The van der Waals surface area contributed by atoms with E-state index in [0.717, 1.165) is 0 Å². The number of nitrogens with one attached hydrogen (secondary N) is 1. The molecular formula is C8H12N4O2. The Morgan fingerprint density at radius 3 is 3.21 bits per heavy atom. The molecule has 1 rings (SSSR count). The van der Waals surface area contributed by atoms with Crippen molar-refractivity contribution >= 4 is 11.9 Å². The summed E-state index contributed by atoms with van der Waals surface area (Å²) in [5.74, 6) is 0. The van der Waals surface area contributed by atoms with Crippen molar-refractivity contribution in [1.82, 2.24) is 9.97 Å². The molecular weight excluding hydrogens is 184 g/mol. The van der Waals surface area contributed by atoms with Crippen LogP contribution in [0.15, 0.2) is 16.1 Å². The first-order valence-corrected chi connectivity index (χ1v) is 4.19. The normalized spacial score (nSPS) is 10.9. The minimum absolute atomic E-state index is 0.0558. The molecule has 0 aliphatic heterocycles. The number of aliphatic hydroxyl groups is 1. The van der Waals surface area contributed by atoms with Crippen LogP contribution in [-0.4, -0.2) is 34.4 Å². The van der Waals surface area contributed by atoms with Crippen LogP contribution in [0.4, 0.5) is 5.69 Å². The van der Waals surface area contributed by atoms with Gasteiger partial charge in [-0.3, -0.25) is 9.79 Å². The Hall–Kier alpha value is -1.69. The molecule has 76 valence electrons. The molecule has 0 saturated heterocycles. The number of hydrogen-bond donors (Lipinski definition) is 3. The van der Waals surface area contributed by atoms with Crippen LogP contribution in [0.1, 0.15) is 12.1 Å². The number of nitrogens with zero attached hydrogens (tertiary/aromatic N) is 2. The molecule has 0 saturated carbocycles. The Balaban J connectivity index is 2.72. The van der Waals surface area contributed by atoms with Crippen molar-refractivity contribution in [1.29, 1.82) is 0 Å². The number of aliphatic imine (C=N–C) groups is 1. The molecule has 0 amide bonds. The second kappa shape index (κ2) is 5.13. The van der Waals surface area contributed by atoms with E-state index in [-0.39, 0.29) is 17.9 Å². The van der Waals surface area contributed by atoms with Gasteiger partial charge in [0, 0.05) is 19.4 Å². The Morgan fingerprint density at radius 2 is 2.50 bits per heavy atom. The van der Waals surface area contributed by atoms with Crippen LogP contribution in [0.25, 0.3) is 0 Å². The van der Waals surface area contributed by atoms with E-state index in [1.165, 1.54) is 12.5 Å². The Bertz CT molecular complexity index is 372. The zero-order valence-electron chi connectivity index (χ0n) is 7.60. The molecule has 0 aliphatic rings. The molecule has 1 heterocycles. The number of H-pyrrole nitrogens is 1. The summed E-state index contributed by atoms with van der Waals surface area (Å²) in [5, 5.41) is 8.49. The summed E-state index contributed by atoms with van der Waals surface area (Å²) in [6.07, 6.45) is 3.28. The topological polar surface area (TPSA) is 104 Å². The molecule has 0 bridgehead atoms. The molecule has 6 nitrogen and oxygen atoms in total. The second-order valence-corrected chi connectivity index (χ2v) is 2.64. The van der Waals surface area contributed by atoms with Crippen molar-refractivity contribution < 1.29 is 5.11 Å². The number of aromatic amines is 1. The van der Waals surface area contributed by atoms with E-state index < -0.39 is 0 Å². The van der Waals surface area contributed by atoms with Crippen molar-refractivity contribution in [2.24, 2.45) is 4.99 Å². The smallest absolute Gasteiger partial charge is 0.274 e. The first-order chi connectivity index (χ1) is 6.75. The Labute approximate surface area is 80.5 Å². The van der Waals surface area contributed by atoms with Gasteiger partial charge in [0.15, 0.2) is 0 Å². The van der Waals surface area contributed by atoms with Gasteiger partial charge >= 0.3 is 0 Å². The van der Waals surface area contributed by atoms with E-state index in [0.29, 0.717) is 18.7 Å². The molecule has 0 aromatic carbocycles. The summed E-state index contributed by atoms with van der Waals surface area (Å²) in [4.78, 5) is 21.2. The van der Waals surface area contributed by atoms with Gasteiger partial charge in [0.25, 0.3) is 5.56 Å². The highest BCUT2D eigenvalue weighted by Crippen LogP contribution is 1.95. The highest BCUT2D eigenvalue weighted by Gasteiger charge is 1.99. The maximum atomic E-state index is 11.0. The van der Waals surface area contributed by atoms with Crippen molar-refractivity contribution in [2.45, 2.75) is 6.42 Å². The number of nitrogen functional groups attached to an aromatic ring is 1. The van der Waals surface area contributed by atoms with Gasteiger partial charge < -0.3 is 15.8 Å². The van der Waals surface area contributed by atoms with Crippen LogP contribution in [0, 0.1) is 0 Å². The van der Waals surface area contributed by atoms with E-state index in [4.69, 9.17) is 10.8 Å². The van der Waals surface area contributed by atoms with Crippen LogP contribution in [0.2, 0.25) is 0 Å². The number of aromatic nitrogens is 2. The zero-order chi connectivity index (χ0) is 10.4. The van der Waals surface area contributed by atoms with Gasteiger partial charge in [-0.05, 0) is 6.42 Å². The van der Waals surface area contributed by atoms with Crippen molar-refractivity contribution in [3.05, 3.63) is 22.4 Å². The minimum Gasteiger partial charge on any atom is -0.396 e. The van der Waals surface area contributed by atoms with E-state index in [9.17, 15) is 4.79 Å². The first kappa shape index (κ1) is 10.4. The fourth-order valence-electron chi connectivity index (χ4n) is 0.840. The lowest BCUT2D eigenvalue weighted by Gasteiger charge is -1.95. The number of anilines is 1. The average Bonchev–Trinajstić information content (AvgIpc) is 2.19. The number of nitrogens with two attached hydrogens (primary N) is 1. The van der Waals surface area contributed by atoms with Gasteiger partial charge in [-0.25, -0.2) is 4.98 Å². The van der Waals surface area contributed by atoms with Crippen LogP contribution in [0.5, 0.6) is 0 Å². The molecule has 0 fully saturated rings. The summed E-state index contributed by atoms with van der Waals surface area (Å²) in [5.41, 5.74) is 5.49. The molecule has 0 radical (unpaired) electrons. The first-order valence-electron chi connectivity index (χ1n) is 4.19. The fourth-order valence-corrected chi connectivity index (χ4v) is 0.840. The van der Waals surface area contributed by atoms with Crippen LogP contribution >= 0.6 is 0 Å². The number of rotatable bonds is 4. The van der Waals surface area contributed by atoms with E-state index in [2.05, 4.69) is 15.0 Å². The quantitative estimate of drug-likeness (QED) is 0.431. The van der Waals surface area contributed by atoms with Gasteiger partial charge in [0.2, 0.25) is 0 Å². The number of aliphatic hydroxyl groups excluding tert-OH is 1. The fraction of sp³-hybridized carbons (Fsp3) is 0.375. The molecule has 1 aromatic rings. The number of hydrogen-bond acceptors (Lipinski definition) is 5. The monoisotopic (exact) mass is 196 g/mol. The lowest BCUT2D eigenvalue weighted by Crippen LogP contribution is -2.15. The van der Waals surface area contributed by atoms with Crippen molar-refractivity contribution in [3.8, 4) is 0 Å². The lowest BCUT2D eigenvalue weighted by molar-refractivity contribution is 0.291. The molecule has 0 aliphatic carbocycles. The highest BCUT2D eigenvalue weighted by atomic mass is 16.3. The van der Waals surface area contributed by atoms with Gasteiger partial charge in [-0.15, -0.1) is 0 Å². The third-order valence-electron chi connectivity index (χ3n) is 1.58. The Morgan fingerprint density at radius 1 is 1.71 bits per heavy atom. The SMILES string of the molecule is Nc1c(C=NCCCO)nc[nH]c1=O. The third-order valence-corrected chi connectivity index (χ3v) is 1.58. The van der Waals surface area contributed by atoms with E-state index in [1.807, 2.05) is 0 Å². The third kappa shape index (κ3) is 2.67. The molecule has 4 N–H and O–H groups in total. The van der Waals surface area contributed by atoms with Gasteiger partial charge in [0.1, 0.15) is 11.4 Å². The predicted molar refractivity (Wildman–Crippen MR) is 53.4 cm³/mol. The summed E-state index contributed by atoms with van der Waals surface area (Å²) < 4.78 is 0.